The first-order chi connectivity index (χ1) is 8.31. The Hall–Kier alpha value is -1.16. The van der Waals surface area contributed by atoms with E-state index in [-0.39, 0.29) is 0 Å². The van der Waals surface area contributed by atoms with Crippen molar-refractivity contribution in [2.24, 2.45) is 0 Å². The lowest BCUT2D eigenvalue weighted by atomic mass is 10.1. The number of hydrogen-bond donors (Lipinski definition) is 0. The Morgan fingerprint density at radius 1 is 1.29 bits per heavy atom. The monoisotopic (exact) mass is 292 g/mol. The van der Waals surface area contributed by atoms with Crippen molar-refractivity contribution in [3.05, 3.63) is 46.0 Å². The van der Waals surface area contributed by atoms with Crippen molar-refractivity contribution in [2.75, 3.05) is 0 Å². The number of halogens is 1. The zero-order valence-corrected chi connectivity index (χ0v) is 11.0. The van der Waals surface area contributed by atoms with Crippen LogP contribution in [0.25, 0.3) is 0 Å². The lowest BCUT2D eigenvalue weighted by Crippen LogP contribution is -1.92. The van der Waals surface area contributed by atoms with Crippen LogP contribution in [0.4, 0.5) is 0 Å². The highest BCUT2D eigenvalue weighted by Crippen LogP contribution is 2.38. The van der Waals surface area contributed by atoms with Gasteiger partial charge in [-0.1, -0.05) is 33.2 Å². The largest absolute Gasteiger partial charge is 0.339 e. The second kappa shape index (κ2) is 4.61. The molecular weight excluding hydrogens is 280 g/mol. The van der Waals surface area contributed by atoms with Gasteiger partial charge in [0.05, 0.1) is 0 Å². The highest BCUT2D eigenvalue weighted by atomic mass is 79.9. The van der Waals surface area contributed by atoms with Crippen molar-refractivity contribution in [3.8, 4) is 0 Å². The Labute approximate surface area is 108 Å². The summed E-state index contributed by atoms with van der Waals surface area (Å²) in [5.41, 5.74) is 1.28. The average molecular weight is 293 g/mol. The van der Waals surface area contributed by atoms with E-state index in [1.807, 2.05) is 12.1 Å². The first kappa shape index (κ1) is 11.0. The first-order valence-electron chi connectivity index (χ1n) is 5.88. The molecule has 4 heteroatoms. The molecule has 0 radical (unpaired) electrons. The highest BCUT2D eigenvalue weighted by molar-refractivity contribution is 9.10. The van der Waals surface area contributed by atoms with Crippen LogP contribution in [-0.4, -0.2) is 10.1 Å². The maximum Gasteiger partial charge on any atom is 0.226 e. The highest BCUT2D eigenvalue weighted by Gasteiger charge is 2.28. The Morgan fingerprint density at radius 2 is 2.18 bits per heavy atom. The summed E-state index contributed by atoms with van der Waals surface area (Å²) in [6, 6.07) is 8.31. The molecule has 3 nitrogen and oxygen atoms in total. The Kier molecular flexibility index (Phi) is 2.97. The summed E-state index contributed by atoms with van der Waals surface area (Å²) in [4.78, 5) is 4.42. The molecule has 1 saturated carbocycles. The molecule has 1 aromatic carbocycles. The minimum atomic E-state index is 0.568. The minimum absolute atomic E-state index is 0.568. The zero-order valence-electron chi connectivity index (χ0n) is 9.40. The van der Waals surface area contributed by atoms with Gasteiger partial charge in [0.25, 0.3) is 0 Å². The molecule has 3 rings (SSSR count). The standard InChI is InChI=1S/C13H13BrN2O/c14-11-3-1-2-9(8-11)4-7-12-15-13(16-17-12)10-5-6-10/h1-3,8,10H,4-7H2. The van der Waals surface area contributed by atoms with Gasteiger partial charge >= 0.3 is 0 Å². The van der Waals surface area contributed by atoms with Gasteiger partial charge in [-0.3, -0.25) is 0 Å². The molecule has 0 bridgehead atoms. The van der Waals surface area contributed by atoms with Crippen molar-refractivity contribution >= 4 is 15.9 Å². The molecule has 0 aliphatic heterocycles. The molecule has 17 heavy (non-hydrogen) atoms. The molecule has 0 saturated heterocycles. The Bertz CT molecular complexity index is 520. The molecule has 1 aromatic heterocycles. The van der Waals surface area contributed by atoms with E-state index in [1.54, 1.807) is 0 Å². The van der Waals surface area contributed by atoms with Crippen LogP contribution in [0, 0.1) is 0 Å². The third kappa shape index (κ3) is 2.75. The fourth-order valence-corrected chi connectivity index (χ4v) is 2.27. The minimum Gasteiger partial charge on any atom is -0.339 e. The predicted octanol–water partition coefficient (Wildman–Crippen LogP) is 3.49. The smallest absolute Gasteiger partial charge is 0.226 e. The maximum absolute atomic E-state index is 5.25. The van der Waals surface area contributed by atoms with Gasteiger partial charge in [0, 0.05) is 16.8 Å². The number of hydrogen-bond acceptors (Lipinski definition) is 3. The topological polar surface area (TPSA) is 38.9 Å². The summed E-state index contributed by atoms with van der Waals surface area (Å²) < 4.78 is 6.36. The van der Waals surface area contributed by atoms with Gasteiger partial charge in [0.2, 0.25) is 5.89 Å². The zero-order chi connectivity index (χ0) is 11.7. The fraction of sp³-hybridized carbons (Fsp3) is 0.385. The molecule has 88 valence electrons. The van der Waals surface area contributed by atoms with Crippen LogP contribution in [-0.2, 0) is 12.8 Å². The summed E-state index contributed by atoms with van der Waals surface area (Å²) in [6.45, 7) is 0. The van der Waals surface area contributed by atoms with E-state index in [1.165, 1.54) is 18.4 Å². The molecule has 0 atom stereocenters. The van der Waals surface area contributed by atoms with Crippen LogP contribution >= 0.6 is 15.9 Å². The summed E-state index contributed by atoms with van der Waals surface area (Å²) in [5, 5.41) is 4.01. The van der Waals surface area contributed by atoms with Crippen LogP contribution in [0.15, 0.2) is 33.3 Å². The molecule has 0 unspecified atom stereocenters. The van der Waals surface area contributed by atoms with Gasteiger partial charge in [-0.2, -0.15) is 4.98 Å². The van der Waals surface area contributed by atoms with Gasteiger partial charge in [-0.05, 0) is 37.0 Å². The normalized spacial score (nSPS) is 15.1. The van der Waals surface area contributed by atoms with Crippen LogP contribution in [0.1, 0.15) is 36.0 Å². The van der Waals surface area contributed by atoms with Crippen molar-refractivity contribution in [3.63, 3.8) is 0 Å². The lowest BCUT2D eigenvalue weighted by molar-refractivity contribution is 0.373. The number of nitrogens with zero attached hydrogens (tertiary/aromatic N) is 2. The second-order valence-corrected chi connectivity index (χ2v) is 5.37. The fourth-order valence-electron chi connectivity index (χ4n) is 1.82. The average Bonchev–Trinajstić information content (AvgIpc) is 3.07. The third-order valence-corrected chi connectivity index (χ3v) is 3.44. The first-order valence-corrected chi connectivity index (χ1v) is 6.67. The lowest BCUT2D eigenvalue weighted by Gasteiger charge is -1.98. The van der Waals surface area contributed by atoms with Crippen molar-refractivity contribution in [1.29, 1.82) is 0 Å². The number of aryl methyl sites for hydroxylation is 2. The number of rotatable bonds is 4. The van der Waals surface area contributed by atoms with Crippen molar-refractivity contribution < 1.29 is 4.52 Å². The summed E-state index contributed by atoms with van der Waals surface area (Å²) >= 11 is 3.47. The number of benzene rings is 1. The summed E-state index contributed by atoms with van der Waals surface area (Å²) in [5.74, 6) is 2.22. The van der Waals surface area contributed by atoms with Crippen LogP contribution in [0.2, 0.25) is 0 Å². The quantitative estimate of drug-likeness (QED) is 0.866. The SMILES string of the molecule is Brc1cccc(CCc2nc(C3CC3)no2)c1. The molecule has 0 N–H and O–H groups in total. The maximum atomic E-state index is 5.25. The molecule has 1 aliphatic carbocycles. The Morgan fingerprint density at radius 3 is 2.94 bits per heavy atom. The summed E-state index contributed by atoms with van der Waals surface area (Å²) in [6.07, 6.45) is 4.18. The number of aromatic nitrogens is 2. The van der Waals surface area contributed by atoms with Gasteiger partial charge in [0.15, 0.2) is 5.82 Å². The van der Waals surface area contributed by atoms with E-state index >= 15 is 0 Å². The predicted molar refractivity (Wildman–Crippen MR) is 67.8 cm³/mol. The van der Waals surface area contributed by atoms with Gasteiger partial charge in [-0.25, -0.2) is 0 Å². The van der Waals surface area contributed by atoms with Gasteiger partial charge in [-0.15, -0.1) is 0 Å². The van der Waals surface area contributed by atoms with Gasteiger partial charge in [0.1, 0.15) is 0 Å². The van der Waals surface area contributed by atoms with Crippen LogP contribution in [0.3, 0.4) is 0 Å². The molecule has 2 aromatic rings. The van der Waals surface area contributed by atoms with Crippen LogP contribution < -0.4 is 0 Å². The van der Waals surface area contributed by atoms with E-state index in [0.29, 0.717) is 5.92 Å². The molecule has 1 aliphatic rings. The van der Waals surface area contributed by atoms with E-state index in [4.69, 9.17) is 4.52 Å². The van der Waals surface area contributed by atoms with Gasteiger partial charge < -0.3 is 4.52 Å². The van der Waals surface area contributed by atoms with Crippen molar-refractivity contribution in [2.45, 2.75) is 31.6 Å². The van der Waals surface area contributed by atoms with E-state index in [0.717, 1.165) is 29.0 Å². The van der Waals surface area contributed by atoms with Crippen LogP contribution in [0.5, 0.6) is 0 Å². The van der Waals surface area contributed by atoms with E-state index < -0.39 is 0 Å². The second-order valence-electron chi connectivity index (χ2n) is 4.45. The molecule has 0 spiro atoms. The molecular formula is C13H13BrN2O. The van der Waals surface area contributed by atoms with E-state index in [2.05, 4.69) is 38.2 Å². The Balaban J connectivity index is 1.62. The molecule has 1 heterocycles. The van der Waals surface area contributed by atoms with E-state index in [9.17, 15) is 0 Å². The summed E-state index contributed by atoms with van der Waals surface area (Å²) in [7, 11) is 0. The molecule has 1 fully saturated rings. The molecule has 0 amide bonds. The third-order valence-electron chi connectivity index (χ3n) is 2.94. The van der Waals surface area contributed by atoms with Crippen molar-refractivity contribution in [1.82, 2.24) is 10.1 Å².